The smallest absolute Gasteiger partial charge is 0.190 e. The fourth-order valence-corrected chi connectivity index (χ4v) is 3.36. The molecular formula is C19H20N2S. The number of hydrogen-bond donors (Lipinski definition) is 0. The van der Waals surface area contributed by atoms with E-state index in [1.807, 2.05) is 30.3 Å². The Morgan fingerprint density at radius 2 is 1.64 bits per heavy atom. The summed E-state index contributed by atoms with van der Waals surface area (Å²) in [4.78, 5) is 5.89. The van der Waals surface area contributed by atoms with Gasteiger partial charge in [-0.2, -0.15) is 0 Å². The first-order valence-electron chi connectivity index (χ1n) is 7.72. The Morgan fingerprint density at radius 3 is 2.32 bits per heavy atom. The third-order valence-corrected chi connectivity index (χ3v) is 4.45. The molecule has 0 N–H and O–H groups in total. The maximum atomic E-state index is 4.82. The fraction of sp³-hybridized carbons (Fsp3) is 0.211. The van der Waals surface area contributed by atoms with Gasteiger partial charge in [0, 0.05) is 11.9 Å². The molecular weight excluding hydrogens is 288 g/mol. The maximum absolute atomic E-state index is 4.82. The van der Waals surface area contributed by atoms with E-state index >= 15 is 0 Å². The number of unbranched alkanes of at least 4 members (excludes halogenated alkanes) is 1. The number of thiazole rings is 1. The normalized spacial score (nSPS) is 11.8. The zero-order valence-corrected chi connectivity index (χ0v) is 13.6. The van der Waals surface area contributed by atoms with Gasteiger partial charge in [-0.25, -0.2) is 4.99 Å². The van der Waals surface area contributed by atoms with E-state index in [1.54, 1.807) is 11.3 Å². The summed E-state index contributed by atoms with van der Waals surface area (Å²) >= 11 is 1.71. The van der Waals surface area contributed by atoms with Crippen LogP contribution in [-0.2, 0) is 6.54 Å². The second-order valence-corrected chi connectivity index (χ2v) is 6.06. The molecule has 0 aliphatic heterocycles. The van der Waals surface area contributed by atoms with Gasteiger partial charge in [0.05, 0.1) is 11.4 Å². The monoisotopic (exact) mass is 308 g/mol. The van der Waals surface area contributed by atoms with Crippen molar-refractivity contribution in [1.82, 2.24) is 4.57 Å². The molecule has 2 nitrogen and oxygen atoms in total. The van der Waals surface area contributed by atoms with Crippen LogP contribution in [0.1, 0.15) is 19.8 Å². The molecule has 0 saturated carbocycles. The highest BCUT2D eigenvalue weighted by Gasteiger charge is 2.07. The lowest BCUT2D eigenvalue weighted by atomic mass is 10.2. The molecule has 0 amide bonds. The summed E-state index contributed by atoms with van der Waals surface area (Å²) in [7, 11) is 0. The molecule has 2 aromatic carbocycles. The molecule has 0 fully saturated rings. The lowest BCUT2D eigenvalue weighted by molar-refractivity contribution is 0.624. The minimum atomic E-state index is 1.01. The van der Waals surface area contributed by atoms with Crippen LogP contribution in [0.3, 0.4) is 0 Å². The quantitative estimate of drug-likeness (QED) is 0.612. The zero-order chi connectivity index (χ0) is 15.2. The number of hydrogen-bond acceptors (Lipinski definition) is 2. The molecule has 0 atom stereocenters. The number of benzene rings is 2. The molecule has 3 rings (SSSR count). The molecule has 22 heavy (non-hydrogen) atoms. The minimum absolute atomic E-state index is 1.01. The second-order valence-electron chi connectivity index (χ2n) is 5.22. The van der Waals surface area contributed by atoms with Crippen molar-refractivity contribution in [2.75, 3.05) is 0 Å². The Balaban J connectivity index is 2.08. The second kappa shape index (κ2) is 7.23. The SMILES string of the molecule is CCCCn1c(-c2ccccc2)csc1=Nc1ccccc1. The number of para-hydroxylation sites is 1. The molecule has 3 aromatic rings. The average Bonchev–Trinajstić information content (AvgIpc) is 2.97. The summed E-state index contributed by atoms with van der Waals surface area (Å²) in [5.74, 6) is 0. The van der Waals surface area contributed by atoms with E-state index in [4.69, 9.17) is 4.99 Å². The first kappa shape index (κ1) is 14.8. The molecule has 0 saturated heterocycles. The Morgan fingerprint density at radius 1 is 0.955 bits per heavy atom. The van der Waals surface area contributed by atoms with Crippen molar-refractivity contribution in [2.24, 2.45) is 4.99 Å². The fourth-order valence-electron chi connectivity index (χ4n) is 2.40. The lowest BCUT2D eigenvalue weighted by Crippen LogP contribution is -2.15. The van der Waals surface area contributed by atoms with Gasteiger partial charge < -0.3 is 4.57 Å². The molecule has 0 spiro atoms. The van der Waals surface area contributed by atoms with Gasteiger partial charge in [0.2, 0.25) is 0 Å². The molecule has 112 valence electrons. The van der Waals surface area contributed by atoms with Crippen molar-refractivity contribution < 1.29 is 0 Å². The van der Waals surface area contributed by atoms with Crippen molar-refractivity contribution in [1.29, 1.82) is 0 Å². The van der Waals surface area contributed by atoms with Crippen molar-refractivity contribution >= 4 is 17.0 Å². The molecule has 0 unspecified atom stereocenters. The van der Waals surface area contributed by atoms with Gasteiger partial charge in [-0.1, -0.05) is 61.9 Å². The topological polar surface area (TPSA) is 17.3 Å². The summed E-state index contributed by atoms with van der Waals surface area (Å²) < 4.78 is 2.34. The van der Waals surface area contributed by atoms with E-state index < -0.39 is 0 Å². The van der Waals surface area contributed by atoms with Crippen LogP contribution in [0.5, 0.6) is 0 Å². The number of aromatic nitrogens is 1. The summed E-state index contributed by atoms with van der Waals surface area (Å²) in [5.41, 5.74) is 3.52. The van der Waals surface area contributed by atoms with Crippen LogP contribution in [0.15, 0.2) is 71.0 Å². The summed E-state index contributed by atoms with van der Waals surface area (Å²) in [6.45, 7) is 3.24. The van der Waals surface area contributed by atoms with E-state index in [0.29, 0.717) is 0 Å². The Hall–Kier alpha value is -2.13. The van der Waals surface area contributed by atoms with Gasteiger partial charge in [0.1, 0.15) is 0 Å². The van der Waals surface area contributed by atoms with Gasteiger partial charge in [0.25, 0.3) is 0 Å². The molecule has 1 aromatic heterocycles. The van der Waals surface area contributed by atoms with Gasteiger partial charge >= 0.3 is 0 Å². The largest absolute Gasteiger partial charge is 0.316 e. The molecule has 0 aliphatic carbocycles. The Bertz CT molecular complexity index is 770. The van der Waals surface area contributed by atoms with Crippen LogP contribution < -0.4 is 4.80 Å². The van der Waals surface area contributed by atoms with E-state index in [2.05, 4.69) is 47.2 Å². The Kier molecular flexibility index (Phi) is 4.86. The number of nitrogens with zero attached hydrogens (tertiary/aromatic N) is 2. The summed E-state index contributed by atoms with van der Waals surface area (Å²) in [5, 5.41) is 2.22. The molecule has 1 heterocycles. The van der Waals surface area contributed by atoms with Crippen molar-refractivity contribution in [3.05, 3.63) is 70.8 Å². The van der Waals surface area contributed by atoms with Crippen molar-refractivity contribution in [2.45, 2.75) is 26.3 Å². The van der Waals surface area contributed by atoms with E-state index in [9.17, 15) is 0 Å². The highest BCUT2D eigenvalue weighted by molar-refractivity contribution is 7.07. The van der Waals surface area contributed by atoms with Crippen LogP contribution in [-0.4, -0.2) is 4.57 Å². The van der Waals surface area contributed by atoms with Crippen molar-refractivity contribution in [3.63, 3.8) is 0 Å². The van der Waals surface area contributed by atoms with Crippen LogP contribution in [0.25, 0.3) is 11.3 Å². The third-order valence-electron chi connectivity index (χ3n) is 3.58. The summed E-state index contributed by atoms with van der Waals surface area (Å²) in [6, 6.07) is 20.7. The molecule has 0 bridgehead atoms. The maximum Gasteiger partial charge on any atom is 0.190 e. The summed E-state index contributed by atoms with van der Waals surface area (Å²) in [6.07, 6.45) is 2.35. The molecule has 3 heteroatoms. The molecule has 0 aliphatic rings. The van der Waals surface area contributed by atoms with E-state index in [-0.39, 0.29) is 0 Å². The first-order chi connectivity index (χ1) is 10.9. The van der Waals surface area contributed by atoms with E-state index in [0.717, 1.165) is 17.0 Å². The Labute approximate surface area is 135 Å². The lowest BCUT2D eigenvalue weighted by Gasteiger charge is -2.08. The zero-order valence-electron chi connectivity index (χ0n) is 12.8. The van der Waals surface area contributed by atoms with Crippen LogP contribution in [0.4, 0.5) is 5.69 Å². The third kappa shape index (κ3) is 3.37. The van der Waals surface area contributed by atoms with Crippen molar-refractivity contribution in [3.8, 4) is 11.3 Å². The van der Waals surface area contributed by atoms with Crippen LogP contribution in [0.2, 0.25) is 0 Å². The predicted molar refractivity (Wildman–Crippen MR) is 94.3 cm³/mol. The predicted octanol–water partition coefficient (Wildman–Crippen LogP) is 5.25. The van der Waals surface area contributed by atoms with Gasteiger partial charge in [-0.05, 0) is 24.1 Å². The van der Waals surface area contributed by atoms with Gasteiger partial charge in [-0.15, -0.1) is 11.3 Å². The average molecular weight is 308 g/mol. The standard InChI is InChI=1S/C19H20N2S/c1-2-3-14-21-18(16-10-6-4-7-11-16)15-22-19(21)20-17-12-8-5-9-13-17/h4-13,15H,2-3,14H2,1H3. The van der Waals surface area contributed by atoms with Crippen LogP contribution in [0, 0.1) is 0 Å². The van der Waals surface area contributed by atoms with Crippen LogP contribution >= 0.6 is 11.3 Å². The van der Waals surface area contributed by atoms with E-state index in [1.165, 1.54) is 24.1 Å². The van der Waals surface area contributed by atoms with Gasteiger partial charge in [-0.3, -0.25) is 0 Å². The highest BCUT2D eigenvalue weighted by Crippen LogP contribution is 2.21. The first-order valence-corrected chi connectivity index (χ1v) is 8.60. The minimum Gasteiger partial charge on any atom is -0.316 e. The highest BCUT2D eigenvalue weighted by atomic mass is 32.1. The van der Waals surface area contributed by atoms with Gasteiger partial charge in [0.15, 0.2) is 4.80 Å². The number of rotatable bonds is 5. The molecule has 0 radical (unpaired) electrons.